The highest BCUT2D eigenvalue weighted by Gasteiger charge is 2.37. The van der Waals surface area contributed by atoms with Gasteiger partial charge in [0.15, 0.2) is 0 Å². The van der Waals surface area contributed by atoms with Crippen LogP contribution in [0.4, 0.5) is 26.3 Å². The van der Waals surface area contributed by atoms with Gasteiger partial charge in [-0.2, -0.15) is 26.3 Å². The van der Waals surface area contributed by atoms with Crippen molar-refractivity contribution in [3.8, 4) is 0 Å². The Bertz CT molecular complexity index is 1400. The minimum absolute atomic E-state index is 0.0834. The average molecular weight is 627 g/mol. The molecular weight excluding hydrogens is 598 g/mol. The van der Waals surface area contributed by atoms with E-state index in [9.17, 15) is 31.1 Å². The molecule has 3 aromatic carbocycles. The Kier molecular flexibility index (Phi) is 11.1. The lowest BCUT2D eigenvalue weighted by Crippen LogP contribution is -2.43. The molecule has 0 aromatic heterocycles. The number of hydrogen-bond donors (Lipinski definition) is 4. The molecule has 8 nitrogen and oxygen atoms in total. The van der Waals surface area contributed by atoms with Gasteiger partial charge in [-0.25, -0.2) is 9.59 Å². The number of carbonyl (C=O) groups excluding carboxylic acids is 1. The van der Waals surface area contributed by atoms with Gasteiger partial charge in [0.2, 0.25) is 5.91 Å². The summed E-state index contributed by atoms with van der Waals surface area (Å²) in [5, 5.41) is 17.9. The molecule has 14 heteroatoms. The number of alkyl halides is 6. The lowest BCUT2D eigenvalue weighted by molar-refractivity contribution is -0.159. The number of hydrogen-bond acceptors (Lipinski definition) is 5. The first-order chi connectivity index (χ1) is 20.6. The van der Waals surface area contributed by atoms with Crippen molar-refractivity contribution in [1.82, 2.24) is 5.32 Å². The van der Waals surface area contributed by atoms with E-state index in [1.807, 2.05) is 48.5 Å². The fraction of sp³-hybridized carbons (Fsp3) is 0.300. The molecule has 236 valence electrons. The van der Waals surface area contributed by atoms with Crippen molar-refractivity contribution in [1.29, 1.82) is 0 Å². The number of halogens is 6. The highest BCUT2D eigenvalue weighted by Crippen LogP contribution is 2.38. The molecule has 0 saturated carbocycles. The maximum atomic E-state index is 13.3. The van der Waals surface area contributed by atoms with Gasteiger partial charge in [0.25, 0.3) is 0 Å². The number of carbonyl (C=O) groups is 3. The molecule has 1 aliphatic rings. The topological polar surface area (TPSA) is 139 Å². The first-order valence-corrected chi connectivity index (χ1v) is 13.1. The van der Waals surface area contributed by atoms with Crippen molar-refractivity contribution in [2.45, 2.75) is 43.8 Å². The predicted molar refractivity (Wildman–Crippen MR) is 144 cm³/mol. The number of fused-ring (bicyclic) bond motifs is 2. The summed E-state index contributed by atoms with van der Waals surface area (Å²) in [5.74, 6) is -4.56. The monoisotopic (exact) mass is 626 g/mol. The Morgan fingerprint density at radius 3 is 1.68 bits per heavy atom. The molecule has 4 rings (SSSR count). The summed E-state index contributed by atoms with van der Waals surface area (Å²) >= 11 is 0. The fourth-order valence-electron chi connectivity index (χ4n) is 4.91. The van der Waals surface area contributed by atoms with E-state index >= 15 is 0 Å². The van der Waals surface area contributed by atoms with Gasteiger partial charge in [0.1, 0.15) is 0 Å². The van der Waals surface area contributed by atoms with E-state index in [4.69, 9.17) is 30.3 Å². The molecule has 0 aliphatic heterocycles. The molecule has 0 radical (unpaired) electrons. The third-order valence-corrected chi connectivity index (χ3v) is 6.78. The Morgan fingerprint density at radius 1 is 0.818 bits per heavy atom. The summed E-state index contributed by atoms with van der Waals surface area (Å²) in [6.07, 6.45) is -8.32. The van der Waals surface area contributed by atoms with Crippen molar-refractivity contribution in [3.63, 3.8) is 0 Å². The molecule has 1 atom stereocenters. The summed E-state index contributed by atoms with van der Waals surface area (Å²) in [7, 11) is 0. The quantitative estimate of drug-likeness (QED) is 0.209. The van der Waals surface area contributed by atoms with Gasteiger partial charge >= 0.3 is 24.3 Å². The molecular formula is C30H28F6N2O6. The smallest absolute Gasteiger partial charge is 0.416 e. The number of carboxylic acids is 2. The van der Waals surface area contributed by atoms with E-state index in [0.29, 0.717) is 12.1 Å². The molecule has 0 saturated heterocycles. The number of aliphatic carboxylic acids is 2. The number of nitrogens with one attached hydrogen (secondary N) is 1. The van der Waals surface area contributed by atoms with Gasteiger partial charge < -0.3 is 26.0 Å². The number of aryl methyl sites for hydroxylation is 2. The zero-order valence-electron chi connectivity index (χ0n) is 22.9. The second-order valence-corrected chi connectivity index (χ2v) is 9.87. The Morgan fingerprint density at radius 2 is 1.27 bits per heavy atom. The minimum atomic E-state index is -4.95. The summed E-state index contributed by atoms with van der Waals surface area (Å²) in [4.78, 5) is 29.8. The first-order valence-electron chi connectivity index (χ1n) is 13.1. The van der Waals surface area contributed by atoms with Crippen LogP contribution in [0, 0.1) is 0 Å². The number of amides is 1. The highest BCUT2D eigenvalue weighted by molar-refractivity contribution is 6.27. The SMILES string of the molecule is NC(=O)CNC(COCc1cc(C(F)(F)F)cc(C(F)(F)F)c1)C1c2ccccc2CCc2ccccc21.O=C(O)C(=O)O. The van der Waals surface area contributed by atoms with Crippen LogP contribution in [-0.4, -0.2) is 47.3 Å². The Balaban J connectivity index is 0.000000801. The van der Waals surface area contributed by atoms with Crippen molar-refractivity contribution in [3.05, 3.63) is 106 Å². The molecule has 3 aromatic rings. The lowest BCUT2D eigenvalue weighted by atomic mass is 9.82. The number of nitrogens with two attached hydrogens (primary N) is 1. The molecule has 0 fully saturated rings. The second kappa shape index (κ2) is 14.4. The van der Waals surface area contributed by atoms with E-state index in [1.165, 1.54) is 0 Å². The number of carboxylic acid groups (broad SMARTS) is 2. The van der Waals surface area contributed by atoms with Crippen molar-refractivity contribution >= 4 is 17.8 Å². The number of benzene rings is 3. The van der Waals surface area contributed by atoms with Crippen molar-refractivity contribution < 1.29 is 55.7 Å². The van der Waals surface area contributed by atoms with Gasteiger partial charge in [-0.15, -0.1) is 0 Å². The highest BCUT2D eigenvalue weighted by atomic mass is 19.4. The first kappa shape index (κ1) is 34.1. The van der Waals surface area contributed by atoms with Gasteiger partial charge in [0.05, 0.1) is 30.9 Å². The van der Waals surface area contributed by atoms with Gasteiger partial charge in [-0.1, -0.05) is 48.5 Å². The van der Waals surface area contributed by atoms with E-state index in [0.717, 1.165) is 35.1 Å². The standard InChI is InChI=1S/C28H26F6N2O2.C2H2O4/c29-27(30,31)20-11-17(12-21(13-20)28(32,33)34)15-38-16-24(36-14-25(35)37)26-22-7-3-1-5-18(22)9-10-19-6-2-4-8-23(19)26;3-1(4)2(5)6/h1-8,11-13,24,26,36H,9-10,14-16H2,(H2,35,37);(H,3,4)(H,5,6). The van der Waals surface area contributed by atoms with Crippen LogP contribution in [0.1, 0.15) is 44.9 Å². The van der Waals surface area contributed by atoms with Crippen LogP contribution < -0.4 is 11.1 Å². The summed E-state index contributed by atoms with van der Waals surface area (Å²) in [6.45, 7) is -0.771. The van der Waals surface area contributed by atoms with Crippen LogP contribution in [0.5, 0.6) is 0 Å². The van der Waals surface area contributed by atoms with Crippen LogP contribution in [-0.2, 0) is 50.9 Å². The van der Waals surface area contributed by atoms with E-state index in [1.54, 1.807) is 0 Å². The Hall–Kier alpha value is -4.43. The molecule has 1 unspecified atom stereocenters. The molecule has 5 N–H and O–H groups in total. The zero-order chi connectivity index (χ0) is 32.7. The van der Waals surface area contributed by atoms with Crippen LogP contribution in [0.15, 0.2) is 66.7 Å². The number of rotatable bonds is 8. The molecule has 1 aliphatic carbocycles. The van der Waals surface area contributed by atoms with Crippen molar-refractivity contribution in [2.75, 3.05) is 13.2 Å². The maximum Gasteiger partial charge on any atom is 0.416 e. The third-order valence-electron chi connectivity index (χ3n) is 6.78. The van der Waals surface area contributed by atoms with Gasteiger partial charge in [-0.3, -0.25) is 4.79 Å². The molecule has 0 heterocycles. The van der Waals surface area contributed by atoms with E-state index in [-0.39, 0.29) is 30.7 Å². The lowest BCUT2D eigenvalue weighted by Gasteiger charge is -2.30. The molecule has 44 heavy (non-hydrogen) atoms. The van der Waals surface area contributed by atoms with Crippen LogP contribution in [0.2, 0.25) is 0 Å². The minimum Gasteiger partial charge on any atom is -0.473 e. The molecule has 0 bridgehead atoms. The predicted octanol–water partition coefficient (Wildman–Crippen LogP) is 4.77. The van der Waals surface area contributed by atoms with Crippen LogP contribution in [0.25, 0.3) is 0 Å². The van der Waals surface area contributed by atoms with Crippen LogP contribution >= 0.6 is 0 Å². The number of ether oxygens (including phenoxy) is 1. The number of primary amides is 1. The Labute approximate surface area is 247 Å². The summed E-state index contributed by atoms with van der Waals surface area (Å²) < 4.78 is 85.3. The second-order valence-electron chi connectivity index (χ2n) is 9.87. The summed E-state index contributed by atoms with van der Waals surface area (Å²) in [5.41, 5.74) is 6.51. The van der Waals surface area contributed by atoms with Gasteiger partial charge in [-0.05, 0) is 58.9 Å². The average Bonchev–Trinajstić information content (AvgIpc) is 3.11. The van der Waals surface area contributed by atoms with Crippen LogP contribution in [0.3, 0.4) is 0 Å². The van der Waals surface area contributed by atoms with E-state index in [2.05, 4.69) is 5.32 Å². The molecule has 1 amide bonds. The van der Waals surface area contributed by atoms with Gasteiger partial charge in [0, 0.05) is 12.0 Å². The summed E-state index contributed by atoms with van der Waals surface area (Å²) in [6, 6.07) is 16.5. The third kappa shape index (κ3) is 9.28. The largest absolute Gasteiger partial charge is 0.473 e. The maximum absolute atomic E-state index is 13.3. The zero-order valence-corrected chi connectivity index (χ0v) is 22.9. The molecule has 0 spiro atoms. The fourth-order valence-corrected chi connectivity index (χ4v) is 4.91. The van der Waals surface area contributed by atoms with Crippen molar-refractivity contribution in [2.24, 2.45) is 5.73 Å². The normalized spacial score (nSPS) is 13.9. The van der Waals surface area contributed by atoms with E-state index < -0.39 is 54.0 Å².